The second-order valence-electron chi connectivity index (χ2n) is 6.61. The van der Waals surface area contributed by atoms with Crippen LogP contribution in [0.4, 0.5) is 0 Å². The molecule has 1 aromatic heterocycles. The summed E-state index contributed by atoms with van der Waals surface area (Å²) in [6.45, 7) is 1.96. The number of hydrogen-bond donors (Lipinski definition) is 1. The number of likely N-dealkylation sites (N-methyl/N-ethyl adjacent to an activating group) is 1. The first-order valence-corrected chi connectivity index (χ1v) is 8.60. The van der Waals surface area contributed by atoms with E-state index in [1.807, 2.05) is 19.0 Å². The number of halogens is 1. The molecule has 0 aliphatic carbocycles. The number of hydrogen-bond acceptors (Lipinski definition) is 5. The Hall–Kier alpha value is -2.38. The van der Waals surface area contributed by atoms with Crippen LogP contribution >= 0.6 is 11.6 Å². The number of amides is 1. The van der Waals surface area contributed by atoms with Crippen LogP contribution in [0, 0.1) is 6.92 Å². The summed E-state index contributed by atoms with van der Waals surface area (Å²) in [6, 6.07) is 6.11. The van der Waals surface area contributed by atoms with Gasteiger partial charge in [-0.2, -0.15) is 0 Å². The molecule has 8 heteroatoms. The van der Waals surface area contributed by atoms with E-state index in [9.17, 15) is 14.7 Å². The van der Waals surface area contributed by atoms with Gasteiger partial charge in [-0.25, -0.2) is 4.79 Å². The third kappa shape index (κ3) is 3.20. The van der Waals surface area contributed by atoms with Crippen molar-refractivity contribution in [1.82, 2.24) is 15.0 Å². The first-order valence-electron chi connectivity index (χ1n) is 8.22. The summed E-state index contributed by atoms with van der Waals surface area (Å²) in [5.41, 5.74) is 1.16. The van der Waals surface area contributed by atoms with Gasteiger partial charge in [0.2, 0.25) is 0 Å². The van der Waals surface area contributed by atoms with Crippen LogP contribution in [0.2, 0.25) is 5.02 Å². The lowest BCUT2D eigenvalue weighted by atomic mass is 10.0. The zero-order chi connectivity index (χ0) is 19.0. The maximum atomic E-state index is 13.2. The molecule has 0 unspecified atom stereocenters. The molecule has 1 aliphatic heterocycles. The summed E-state index contributed by atoms with van der Waals surface area (Å²) in [5.74, 6) is -1.09. The highest BCUT2D eigenvalue weighted by Crippen LogP contribution is 2.33. The molecule has 3 rings (SSSR count). The Morgan fingerprint density at radius 3 is 2.65 bits per heavy atom. The molecule has 1 aliphatic rings. The van der Waals surface area contributed by atoms with Crippen LogP contribution in [-0.2, 0) is 4.79 Å². The van der Waals surface area contributed by atoms with Crippen molar-refractivity contribution in [2.75, 3.05) is 20.6 Å². The highest BCUT2D eigenvalue weighted by Gasteiger charge is 2.42. The number of carbonyl (C=O) groups is 2. The van der Waals surface area contributed by atoms with Crippen LogP contribution < -0.4 is 0 Å². The van der Waals surface area contributed by atoms with Crippen LogP contribution in [0.3, 0.4) is 0 Å². The van der Waals surface area contributed by atoms with Gasteiger partial charge in [0.25, 0.3) is 5.91 Å². The number of aliphatic carboxylic acids is 1. The average Bonchev–Trinajstić information content (AvgIpc) is 3.19. The summed E-state index contributed by atoms with van der Waals surface area (Å²) in [4.78, 5) is 28.2. The molecule has 7 nitrogen and oxygen atoms in total. The second-order valence-corrected chi connectivity index (χ2v) is 7.01. The molecule has 0 saturated carbocycles. The number of carboxylic acid groups (broad SMARTS) is 1. The number of carbonyl (C=O) groups excluding carboxylic acids is 1. The lowest BCUT2D eigenvalue weighted by molar-refractivity contribution is -0.141. The minimum absolute atomic E-state index is 0.0241. The summed E-state index contributed by atoms with van der Waals surface area (Å²) in [5, 5.41) is 14.0. The van der Waals surface area contributed by atoms with Crippen molar-refractivity contribution in [1.29, 1.82) is 0 Å². The highest BCUT2D eigenvalue weighted by molar-refractivity contribution is 6.33. The van der Waals surface area contributed by atoms with E-state index in [-0.39, 0.29) is 11.6 Å². The lowest BCUT2D eigenvalue weighted by Gasteiger charge is -2.22. The Bertz CT molecular complexity index is 849. The molecular formula is C18H20ClN3O4. The topological polar surface area (TPSA) is 86.9 Å². The van der Waals surface area contributed by atoms with Crippen LogP contribution in [0.25, 0.3) is 11.3 Å². The number of nitrogens with zero attached hydrogens (tertiary/aromatic N) is 3. The molecular weight excluding hydrogens is 358 g/mol. The van der Waals surface area contributed by atoms with Crippen LogP contribution in [0.1, 0.15) is 22.5 Å². The standard InChI is InChI=1S/C18H20ClN3O4/c1-10-15(16(20-26-10)12-6-4-5-7-13(12)19)17(23)22-9-11(21(2)3)8-14(22)18(24)25/h4-7,11,14H,8-9H2,1-3H3,(H,24,25)/t11-,14+/m1/s1. The quantitative estimate of drug-likeness (QED) is 0.881. The largest absolute Gasteiger partial charge is 0.480 e. The van der Waals surface area contributed by atoms with E-state index in [0.29, 0.717) is 35.0 Å². The van der Waals surface area contributed by atoms with E-state index in [1.165, 1.54) is 4.90 Å². The molecule has 0 radical (unpaired) electrons. The number of aryl methyl sites for hydroxylation is 1. The second kappa shape index (κ2) is 7.09. The zero-order valence-electron chi connectivity index (χ0n) is 14.8. The van der Waals surface area contributed by atoms with Gasteiger partial charge in [-0.3, -0.25) is 4.79 Å². The van der Waals surface area contributed by atoms with Crippen molar-refractivity contribution in [3.05, 3.63) is 40.6 Å². The van der Waals surface area contributed by atoms with Gasteiger partial charge in [-0.15, -0.1) is 0 Å². The Balaban J connectivity index is 2.02. The van der Waals surface area contributed by atoms with Crippen LogP contribution in [-0.4, -0.2) is 64.7 Å². The van der Waals surface area contributed by atoms with Crippen molar-refractivity contribution >= 4 is 23.5 Å². The normalized spacial score (nSPS) is 20.0. The number of benzene rings is 1. The molecule has 2 atom stereocenters. The average molecular weight is 378 g/mol. The number of rotatable bonds is 4. The fraction of sp³-hybridized carbons (Fsp3) is 0.389. The number of aromatic nitrogens is 1. The van der Waals surface area contributed by atoms with E-state index >= 15 is 0 Å². The van der Waals surface area contributed by atoms with Crippen molar-refractivity contribution < 1.29 is 19.2 Å². The van der Waals surface area contributed by atoms with Gasteiger partial charge in [0.1, 0.15) is 23.1 Å². The minimum Gasteiger partial charge on any atom is -0.480 e. The van der Waals surface area contributed by atoms with Crippen molar-refractivity contribution in [3.8, 4) is 11.3 Å². The maximum absolute atomic E-state index is 13.2. The molecule has 1 aromatic carbocycles. The SMILES string of the molecule is Cc1onc(-c2ccccc2Cl)c1C(=O)N1C[C@H](N(C)C)C[C@H]1C(=O)O. The Kier molecular flexibility index (Phi) is 5.02. The van der Waals surface area contributed by atoms with Crippen molar-refractivity contribution in [2.24, 2.45) is 0 Å². The van der Waals surface area contributed by atoms with Gasteiger partial charge in [0.05, 0.1) is 5.02 Å². The first kappa shape index (κ1) is 18.4. The van der Waals surface area contributed by atoms with Gasteiger partial charge in [0, 0.05) is 18.2 Å². The number of carboxylic acids is 1. The summed E-state index contributed by atoms with van der Waals surface area (Å²) in [7, 11) is 3.74. The minimum atomic E-state index is -1.02. The van der Waals surface area contributed by atoms with E-state index in [0.717, 1.165) is 0 Å². The van der Waals surface area contributed by atoms with E-state index in [2.05, 4.69) is 5.16 Å². The van der Waals surface area contributed by atoms with Gasteiger partial charge in [-0.1, -0.05) is 35.0 Å². The third-order valence-corrected chi connectivity index (χ3v) is 5.09. The van der Waals surface area contributed by atoms with Crippen LogP contribution in [0.15, 0.2) is 28.8 Å². The monoisotopic (exact) mass is 377 g/mol. The van der Waals surface area contributed by atoms with Gasteiger partial charge >= 0.3 is 5.97 Å². The van der Waals surface area contributed by atoms with E-state index in [4.69, 9.17) is 16.1 Å². The Morgan fingerprint density at radius 1 is 1.35 bits per heavy atom. The molecule has 2 heterocycles. The first-order chi connectivity index (χ1) is 12.3. The summed E-state index contributed by atoms with van der Waals surface area (Å²) in [6.07, 6.45) is 0.375. The van der Waals surface area contributed by atoms with Crippen molar-refractivity contribution in [2.45, 2.75) is 25.4 Å². The smallest absolute Gasteiger partial charge is 0.326 e. The molecule has 138 valence electrons. The molecule has 1 N–H and O–H groups in total. The summed E-state index contributed by atoms with van der Waals surface area (Å²) < 4.78 is 5.24. The molecule has 1 saturated heterocycles. The molecule has 1 amide bonds. The van der Waals surface area contributed by atoms with E-state index < -0.39 is 17.9 Å². The molecule has 0 spiro atoms. The van der Waals surface area contributed by atoms with Gasteiger partial charge in [0.15, 0.2) is 0 Å². The molecule has 0 bridgehead atoms. The fourth-order valence-electron chi connectivity index (χ4n) is 3.25. The third-order valence-electron chi connectivity index (χ3n) is 4.76. The Labute approximate surface area is 156 Å². The van der Waals surface area contributed by atoms with Gasteiger partial charge < -0.3 is 19.4 Å². The van der Waals surface area contributed by atoms with Gasteiger partial charge in [-0.05, 0) is 33.5 Å². The predicted octanol–water partition coefficient (Wildman–Crippen LogP) is 2.53. The molecule has 2 aromatic rings. The molecule has 26 heavy (non-hydrogen) atoms. The van der Waals surface area contributed by atoms with Crippen LogP contribution in [0.5, 0.6) is 0 Å². The van der Waals surface area contributed by atoms with Crippen molar-refractivity contribution in [3.63, 3.8) is 0 Å². The Morgan fingerprint density at radius 2 is 2.04 bits per heavy atom. The lowest BCUT2D eigenvalue weighted by Crippen LogP contribution is -2.41. The van der Waals surface area contributed by atoms with E-state index in [1.54, 1.807) is 31.2 Å². The fourth-order valence-corrected chi connectivity index (χ4v) is 3.48. The number of likely N-dealkylation sites (tertiary alicyclic amines) is 1. The summed E-state index contributed by atoms with van der Waals surface area (Å²) >= 11 is 6.24. The highest BCUT2D eigenvalue weighted by atomic mass is 35.5. The maximum Gasteiger partial charge on any atom is 0.326 e. The predicted molar refractivity (Wildman–Crippen MR) is 96.2 cm³/mol. The zero-order valence-corrected chi connectivity index (χ0v) is 15.5. The molecule has 1 fully saturated rings.